The molecule has 4 aliphatic rings. The average molecular weight is 727 g/mol. The summed E-state index contributed by atoms with van der Waals surface area (Å²) in [4.78, 5) is 27.7. The van der Waals surface area contributed by atoms with Gasteiger partial charge in [-0.05, 0) is 84.1 Å². The number of Topliss-reactive ketones (excluding diaryl/α,β-unsaturated/α-hetero) is 1. The number of aromatic nitrogens is 2. The molecule has 1 N–H and O–H groups in total. The van der Waals surface area contributed by atoms with E-state index in [1.165, 1.54) is 30.3 Å². The molecule has 0 bridgehead atoms. The maximum atomic E-state index is 13.9. The summed E-state index contributed by atoms with van der Waals surface area (Å²) < 4.78 is 59.0. The average Bonchev–Trinajstić information content (AvgIpc) is 3.49. The van der Waals surface area contributed by atoms with Crippen LogP contribution in [0.2, 0.25) is 0 Å². The fourth-order valence-electron chi connectivity index (χ4n) is 7.55. The molecule has 1 atom stereocenters. The van der Waals surface area contributed by atoms with E-state index < -0.39 is 35.3 Å². The van der Waals surface area contributed by atoms with Gasteiger partial charge >= 0.3 is 6.09 Å². The standard InChI is InChI=1S/C23H32FNO6.C15H16FN3O.CH4/c1-6-28-20(29-7-2)18-19(26)16-14-15(24)8-9-17(16)30-23(18)10-12-25(13-11-23)21(27)31-22(3,4)5;1-19-14-11-8-10(16)2-3-13(11)20-15(12(14)9-18-19)4-6-17-7-5-15;/h8-9,14,18,20H,6-7,10-13H2,1-5H3;2-3,8-9,17H,4-7H2,1H3;1H4. The molecule has 11 nitrogen and oxygen atoms in total. The number of aryl methyl sites for hydroxylation is 1. The Bertz CT molecular complexity index is 1740. The Morgan fingerprint density at radius 3 is 2.12 bits per heavy atom. The minimum Gasteiger partial charge on any atom is -0.485 e. The molecule has 52 heavy (non-hydrogen) atoms. The highest BCUT2D eigenvalue weighted by Gasteiger charge is 2.56. The number of hydrogen-bond acceptors (Lipinski definition) is 9. The quantitative estimate of drug-likeness (QED) is 0.277. The number of nitrogens with one attached hydrogen (secondary N) is 1. The third-order valence-corrected chi connectivity index (χ3v) is 9.91. The van der Waals surface area contributed by atoms with E-state index in [1.54, 1.807) is 11.0 Å². The van der Waals surface area contributed by atoms with E-state index >= 15 is 0 Å². The highest BCUT2D eigenvalue weighted by Crippen LogP contribution is 2.49. The molecule has 2 saturated heterocycles. The molecule has 4 aliphatic heterocycles. The van der Waals surface area contributed by atoms with Crippen LogP contribution in [0.3, 0.4) is 0 Å². The molecule has 0 radical (unpaired) electrons. The second-order valence-electron chi connectivity index (χ2n) is 14.4. The Hall–Kier alpha value is -4.07. The molecular weight excluding hydrogens is 674 g/mol. The molecule has 7 rings (SSSR count). The van der Waals surface area contributed by atoms with Crippen LogP contribution in [0.4, 0.5) is 13.6 Å². The predicted molar refractivity (Wildman–Crippen MR) is 191 cm³/mol. The number of halogens is 2. The predicted octanol–water partition coefficient (Wildman–Crippen LogP) is 7.02. The monoisotopic (exact) mass is 726 g/mol. The summed E-state index contributed by atoms with van der Waals surface area (Å²) in [5.41, 5.74) is 1.21. The molecule has 0 saturated carbocycles. The second-order valence-corrected chi connectivity index (χ2v) is 14.4. The van der Waals surface area contributed by atoms with Crippen LogP contribution in [0.15, 0.2) is 42.6 Å². The summed E-state index contributed by atoms with van der Waals surface area (Å²) in [5, 5.41) is 7.73. The van der Waals surface area contributed by atoms with Crippen molar-refractivity contribution >= 4 is 11.9 Å². The lowest BCUT2D eigenvalue weighted by Crippen LogP contribution is -2.61. The number of hydrogen-bond donors (Lipinski definition) is 1. The zero-order valence-electron chi connectivity index (χ0n) is 30.2. The van der Waals surface area contributed by atoms with Crippen molar-refractivity contribution < 1.29 is 42.1 Å². The molecule has 2 spiro atoms. The smallest absolute Gasteiger partial charge is 0.410 e. The summed E-state index contributed by atoms with van der Waals surface area (Å²) >= 11 is 0. The second kappa shape index (κ2) is 15.5. The van der Waals surface area contributed by atoms with Crippen molar-refractivity contribution in [1.82, 2.24) is 20.0 Å². The number of likely N-dealkylation sites (tertiary alicyclic amines) is 1. The van der Waals surface area contributed by atoms with Crippen LogP contribution in [0, 0.1) is 17.6 Å². The Labute approximate surface area is 304 Å². The van der Waals surface area contributed by atoms with Crippen LogP contribution in [-0.2, 0) is 26.9 Å². The van der Waals surface area contributed by atoms with E-state index in [1.807, 2.05) is 52.5 Å². The largest absolute Gasteiger partial charge is 0.485 e. The molecule has 3 aromatic rings. The Kier molecular flexibility index (Phi) is 11.7. The van der Waals surface area contributed by atoms with Crippen LogP contribution < -0.4 is 14.8 Å². The summed E-state index contributed by atoms with van der Waals surface area (Å²) in [6.07, 6.45) is 3.26. The zero-order chi connectivity index (χ0) is 36.6. The third kappa shape index (κ3) is 7.67. The van der Waals surface area contributed by atoms with Gasteiger partial charge in [0.2, 0.25) is 0 Å². The van der Waals surface area contributed by atoms with E-state index in [-0.39, 0.29) is 30.2 Å². The van der Waals surface area contributed by atoms with Crippen molar-refractivity contribution in [3.05, 3.63) is 65.4 Å². The van der Waals surface area contributed by atoms with Gasteiger partial charge in [-0.25, -0.2) is 13.6 Å². The maximum absolute atomic E-state index is 13.9. The highest BCUT2D eigenvalue weighted by molar-refractivity contribution is 6.02. The summed E-state index contributed by atoms with van der Waals surface area (Å²) in [6, 6.07) is 8.67. The van der Waals surface area contributed by atoms with Crippen LogP contribution in [-0.4, -0.2) is 83.4 Å². The number of carbonyl (C=O) groups is 2. The fourth-order valence-corrected chi connectivity index (χ4v) is 7.55. The number of benzene rings is 2. The normalized spacial score (nSPS) is 19.7. The van der Waals surface area contributed by atoms with E-state index in [0.29, 0.717) is 44.9 Å². The molecule has 2 fully saturated rings. The fraction of sp³-hybridized carbons (Fsp3) is 0.564. The van der Waals surface area contributed by atoms with E-state index in [4.69, 9.17) is 23.7 Å². The minimum absolute atomic E-state index is 0. The van der Waals surface area contributed by atoms with Crippen LogP contribution in [0.25, 0.3) is 11.3 Å². The number of amides is 1. The van der Waals surface area contributed by atoms with Crippen LogP contribution >= 0.6 is 0 Å². The SMILES string of the molecule is C.CCOC(OCC)C1C(=O)c2cc(F)ccc2OC12CCN(C(=O)OC(C)(C)C)CC2.Cn1ncc2c1-c1cc(F)ccc1OC21CCNCC1. The number of piperidine rings is 2. The molecule has 1 amide bonds. The molecule has 1 unspecified atom stereocenters. The first-order chi connectivity index (χ1) is 24.3. The molecule has 1 aromatic heterocycles. The third-order valence-electron chi connectivity index (χ3n) is 9.91. The van der Waals surface area contributed by atoms with Gasteiger partial charge in [-0.15, -0.1) is 0 Å². The van der Waals surface area contributed by atoms with Crippen molar-refractivity contribution in [2.45, 2.75) is 90.8 Å². The first-order valence-corrected chi connectivity index (χ1v) is 17.8. The summed E-state index contributed by atoms with van der Waals surface area (Å²) in [6.45, 7) is 12.4. The van der Waals surface area contributed by atoms with Gasteiger partial charge in [0, 0.05) is 70.2 Å². The number of ether oxygens (including phenoxy) is 5. The van der Waals surface area contributed by atoms with Crippen molar-refractivity contribution in [2.75, 3.05) is 39.4 Å². The Morgan fingerprint density at radius 2 is 1.54 bits per heavy atom. The van der Waals surface area contributed by atoms with Crippen molar-refractivity contribution in [3.63, 3.8) is 0 Å². The molecular formula is C39H52F2N4O7. The lowest BCUT2D eigenvalue weighted by atomic mass is 9.73. The van der Waals surface area contributed by atoms with Gasteiger partial charge in [0.25, 0.3) is 0 Å². The van der Waals surface area contributed by atoms with Crippen molar-refractivity contribution in [3.8, 4) is 22.8 Å². The molecule has 2 aromatic carbocycles. The molecule has 13 heteroatoms. The maximum Gasteiger partial charge on any atom is 0.410 e. The summed E-state index contributed by atoms with van der Waals surface area (Å²) in [7, 11) is 1.90. The van der Waals surface area contributed by atoms with E-state index in [0.717, 1.165) is 48.5 Å². The molecule has 284 valence electrons. The zero-order valence-corrected chi connectivity index (χ0v) is 30.2. The Balaban J connectivity index is 0.000000214. The van der Waals surface area contributed by atoms with Crippen molar-refractivity contribution in [1.29, 1.82) is 0 Å². The number of rotatable bonds is 5. The highest BCUT2D eigenvalue weighted by atomic mass is 19.1. The Morgan fingerprint density at radius 1 is 0.962 bits per heavy atom. The molecule has 0 aliphatic carbocycles. The van der Waals surface area contributed by atoms with Gasteiger partial charge in [-0.2, -0.15) is 5.10 Å². The van der Waals surface area contributed by atoms with Gasteiger partial charge in [0.15, 0.2) is 12.1 Å². The topological polar surface area (TPSA) is 113 Å². The first-order valence-electron chi connectivity index (χ1n) is 17.8. The lowest BCUT2D eigenvalue weighted by Gasteiger charge is -2.49. The molecule has 5 heterocycles. The number of nitrogens with zero attached hydrogens (tertiary/aromatic N) is 3. The number of carbonyl (C=O) groups excluding carboxylic acids is 2. The van der Waals surface area contributed by atoms with Gasteiger partial charge < -0.3 is 33.9 Å². The lowest BCUT2D eigenvalue weighted by molar-refractivity contribution is -0.198. The van der Waals surface area contributed by atoms with Gasteiger partial charge in [-0.3, -0.25) is 9.48 Å². The van der Waals surface area contributed by atoms with E-state index in [9.17, 15) is 18.4 Å². The van der Waals surface area contributed by atoms with Crippen LogP contribution in [0.5, 0.6) is 11.5 Å². The van der Waals surface area contributed by atoms with Crippen LogP contribution in [0.1, 0.15) is 83.7 Å². The number of fused-ring (bicyclic) bond motifs is 5. The first kappa shape index (κ1) is 39.1. The van der Waals surface area contributed by atoms with Gasteiger partial charge in [0.05, 0.1) is 17.5 Å². The van der Waals surface area contributed by atoms with Crippen molar-refractivity contribution in [2.24, 2.45) is 13.0 Å². The van der Waals surface area contributed by atoms with Gasteiger partial charge in [-0.1, -0.05) is 7.43 Å². The van der Waals surface area contributed by atoms with E-state index in [2.05, 4.69) is 10.4 Å². The minimum atomic E-state index is -0.921. The van der Waals surface area contributed by atoms with Gasteiger partial charge in [0.1, 0.15) is 45.9 Å². The number of ketones is 1. The summed E-state index contributed by atoms with van der Waals surface area (Å²) in [5.74, 6) is -0.694.